The Labute approximate surface area is 200 Å². The highest BCUT2D eigenvalue weighted by Gasteiger charge is 2.25. The molecule has 2 saturated heterocycles. The van der Waals surface area contributed by atoms with E-state index in [1.807, 2.05) is 0 Å². The molecule has 7 heteroatoms. The minimum absolute atomic E-state index is 0.285. The maximum absolute atomic E-state index is 13.4. The van der Waals surface area contributed by atoms with Crippen LogP contribution in [0.3, 0.4) is 0 Å². The molecule has 34 heavy (non-hydrogen) atoms. The summed E-state index contributed by atoms with van der Waals surface area (Å²) in [5.74, 6) is 1.04. The van der Waals surface area contributed by atoms with Gasteiger partial charge in [0, 0.05) is 43.5 Å². The van der Waals surface area contributed by atoms with E-state index >= 15 is 0 Å². The molecular formula is C27H34FN3O3. The first kappa shape index (κ1) is 23.3. The third-order valence-corrected chi connectivity index (χ3v) is 7.07. The number of hydrogen-bond donors (Lipinski definition) is 0. The summed E-state index contributed by atoms with van der Waals surface area (Å²) in [6.45, 7) is 8.72. The van der Waals surface area contributed by atoms with Crippen molar-refractivity contribution in [1.82, 2.24) is 15.0 Å². The molecule has 0 N–H and O–H groups in total. The number of benzene rings is 2. The summed E-state index contributed by atoms with van der Waals surface area (Å²) in [4.78, 5) is 4.96. The minimum Gasteiger partial charge on any atom is -0.494 e. The van der Waals surface area contributed by atoms with Crippen LogP contribution in [0.5, 0.6) is 5.75 Å². The summed E-state index contributed by atoms with van der Waals surface area (Å²) in [5, 5.41) is 5.19. The smallest absolute Gasteiger partial charge is 0.170 e. The van der Waals surface area contributed by atoms with Crippen LogP contribution in [0.4, 0.5) is 4.39 Å². The standard InChI is InChI=1S/C27H34FN3O3/c28-23-4-7-25-26(20-23)34-29-27(25)22-9-13-30(14-10-22)11-1-17-33-24-5-2-21(3-6-24)8-12-31-15-18-32-19-16-31/h2-7,20,22H,1,8-19H2. The minimum atomic E-state index is -0.285. The zero-order valence-electron chi connectivity index (χ0n) is 19.8. The molecule has 0 spiro atoms. The summed E-state index contributed by atoms with van der Waals surface area (Å²) in [5.41, 5.74) is 2.87. The lowest BCUT2D eigenvalue weighted by atomic mass is 9.91. The maximum Gasteiger partial charge on any atom is 0.170 e. The molecule has 5 rings (SSSR count). The molecule has 2 fully saturated rings. The lowest BCUT2D eigenvalue weighted by molar-refractivity contribution is 0.0384. The van der Waals surface area contributed by atoms with Crippen molar-refractivity contribution in [3.63, 3.8) is 0 Å². The number of nitrogens with zero attached hydrogens (tertiary/aromatic N) is 3. The van der Waals surface area contributed by atoms with Crippen LogP contribution in [-0.2, 0) is 11.2 Å². The first-order valence-corrected chi connectivity index (χ1v) is 12.5. The Bertz CT molecular complexity index is 1040. The number of ether oxygens (including phenoxy) is 2. The summed E-state index contributed by atoms with van der Waals surface area (Å²) < 4.78 is 30.1. The SMILES string of the molecule is Fc1ccc2c(C3CCN(CCCOc4ccc(CCN5CCOCC5)cc4)CC3)noc2c1. The largest absolute Gasteiger partial charge is 0.494 e. The van der Waals surface area contributed by atoms with E-state index in [4.69, 9.17) is 14.0 Å². The van der Waals surface area contributed by atoms with Crippen LogP contribution in [0.15, 0.2) is 47.0 Å². The van der Waals surface area contributed by atoms with Crippen molar-refractivity contribution in [2.45, 2.75) is 31.6 Å². The fraction of sp³-hybridized carbons (Fsp3) is 0.519. The molecule has 182 valence electrons. The van der Waals surface area contributed by atoms with Crippen molar-refractivity contribution in [2.75, 3.05) is 59.1 Å². The molecule has 0 bridgehead atoms. The fourth-order valence-corrected chi connectivity index (χ4v) is 5.00. The Morgan fingerprint density at radius 2 is 1.71 bits per heavy atom. The van der Waals surface area contributed by atoms with Gasteiger partial charge in [-0.15, -0.1) is 0 Å². The average Bonchev–Trinajstić information content (AvgIpc) is 3.30. The van der Waals surface area contributed by atoms with Crippen LogP contribution in [0.25, 0.3) is 11.0 Å². The third-order valence-electron chi connectivity index (χ3n) is 7.07. The van der Waals surface area contributed by atoms with Gasteiger partial charge in [-0.2, -0.15) is 0 Å². The number of piperidine rings is 1. The Morgan fingerprint density at radius 3 is 2.50 bits per heavy atom. The lowest BCUT2D eigenvalue weighted by Gasteiger charge is -2.31. The highest BCUT2D eigenvalue weighted by atomic mass is 19.1. The second-order valence-electron chi connectivity index (χ2n) is 9.37. The summed E-state index contributed by atoms with van der Waals surface area (Å²) in [7, 11) is 0. The van der Waals surface area contributed by atoms with Crippen LogP contribution in [-0.4, -0.2) is 74.0 Å². The second-order valence-corrected chi connectivity index (χ2v) is 9.37. The van der Waals surface area contributed by atoms with Gasteiger partial charge >= 0.3 is 0 Å². The molecule has 1 aromatic heterocycles. The molecule has 0 aliphatic carbocycles. The predicted octanol–water partition coefficient (Wildman–Crippen LogP) is 4.49. The number of likely N-dealkylation sites (tertiary alicyclic amines) is 1. The molecule has 3 aromatic rings. The van der Waals surface area contributed by atoms with Crippen LogP contribution >= 0.6 is 0 Å². The van der Waals surface area contributed by atoms with Crippen LogP contribution in [0.1, 0.15) is 36.4 Å². The molecule has 0 saturated carbocycles. The van der Waals surface area contributed by atoms with Gasteiger partial charge in [0.15, 0.2) is 5.58 Å². The van der Waals surface area contributed by atoms with E-state index < -0.39 is 0 Å². The van der Waals surface area contributed by atoms with Crippen molar-refractivity contribution in [2.24, 2.45) is 0 Å². The number of morpholine rings is 1. The van der Waals surface area contributed by atoms with E-state index in [2.05, 4.69) is 39.2 Å². The quantitative estimate of drug-likeness (QED) is 0.432. The zero-order chi connectivity index (χ0) is 23.2. The van der Waals surface area contributed by atoms with E-state index in [1.54, 1.807) is 6.07 Å². The van der Waals surface area contributed by atoms with Gasteiger partial charge in [0.25, 0.3) is 0 Å². The van der Waals surface area contributed by atoms with Gasteiger partial charge in [0.2, 0.25) is 0 Å². The van der Waals surface area contributed by atoms with Gasteiger partial charge in [0.05, 0.1) is 25.5 Å². The normalized spacial score (nSPS) is 18.5. The molecule has 2 aliphatic rings. The van der Waals surface area contributed by atoms with Crippen molar-refractivity contribution >= 4 is 11.0 Å². The van der Waals surface area contributed by atoms with Crippen LogP contribution in [0.2, 0.25) is 0 Å². The van der Waals surface area contributed by atoms with Crippen LogP contribution in [0, 0.1) is 5.82 Å². The Hall–Kier alpha value is -2.48. The Kier molecular flexibility index (Phi) is 7.73. The van der Waals surface area contributed by atoms with Gasteiger partial charge in [0.1, 0.15) is 11.6 Å². The van der Waals surface area contributed by atoms with Gasteiger partial charge in [-0.05, 0) is 68.6 Å². The second kappa shape index (κ2) is 11.3. The first-order valence-electron chi connectivity index (χ1n) is 12.5. The summed E-state index contributed by atoms with van der Waals surface area (Å²) in [6, 6.07) is 13.2. The van der Waals surface area contributed by atoms with Gasteiger partial charge in [-0.3, -0.25) is 4.90 Å². The van der Waals surface area contributed by atoms with Crippen molar-refractivity contribution in [1.29, 1.82) is 0 Å². The van der Waals surface area contributed by atoms with Gasteiger partial charge in [-0.1, -0.05) is 17.3 Å². The first-order chi connectivity index (χ1) is 16.7. The molecule has 6 nitrogen and oxygen atoms in total. The van der Waals surface area contributed by atoms with Gasteiger partial charge in [-0.25, -0.2) is 4.39 Å². The van der Waals surface area contributed by atoms with E-state index in [9.17, 15) is 4.39 Å². The van der Waals surface area contributed by atoms with E-state index in [-0.39, 0.29) is 5.82 Å². The number of aromatic nitrogens is 1. The van der Waals surface area contributed by atoms with Gasteiger partial charge < -0.3 is 18.9 Å². The molecule has 0 unspecified atom stereocenters. The summed E-state index contributed by atoms with van der Waals surface area (Å²) >= 11 is 0. The molecule has 0 atom stereocenters. The van der Waals surface area contributed by atoms with Crippen LogP contribution < -0.4 is 4.74 Å². The fourth-order valence-electron chi connectivity index (χ4n) is 5.00. The number of rotatable bonds is 9. The highest BCUT2D eigenvalue weighted by molar-refractivity contribution is 5.79. The highest BCUT2D eigenvalue weighted by Crippen LogP contribution is 2.32. The number of halogens is 1. The Morgan fingerprint density at radius 1 is 0.941 bits per heavy atom. The van der Waals surface area contributed by atoms with E-state index in [0.29, 0.717) is 11.5 Å². The molecule has 2 aromatic carbocycles. The Balaban J connectivity index is 0.994. The predicted molar refractivity (Wildman–Crippen MR) is 130 cm³/mol. The maximum atomic E-state index is 13.4. The van der Waals surface area contributed by atoms with Crippen molar-refractivity contribution in [3.8, 4) is 5.75 Å². The molecule has 0 radical (unpaired) electrons. The monoisotopic (exact) mass is 467 g/mol. The zero-order valence-corrected chi connectivity index (χ0v) is 19.8. The topological polar surface area (TPSA) is 51.0 Å². The molecule has 2 aliphatic heterocycles. The molecular weight excluding hydrogens is 433 g/mol. The molecule has 3 heterocycles. The number of fused-ring (bicyclic) bond motifs is 1. The third kappa shape index (κ3) is 5.95. The van der Waals surface area contributed by atoms with E-state index in [1.165, 1.54) is 17.7 Å². The average molecular weight is 468 g/mol. The number of hydrogen-bond acceptors (Lipinski definition) is 6. The lowest BCUT2D eigenvalue weighted by Crippen LogP contribution is -2.37. The van der Waals surface area contributed by atoms with Crippen molar-refractivity contribution < 1.29 is 18.4 Å². The van der Waals surface area contributed by atoms with Crippen molar-refractivity contribution in [3.05, 3.63) is 59.5 Å². The molecule has 0 amide bonds. The van der Waals surface area contributed by atoms with E-state index in [0.717, 1.165) is 102 Å². The summed E-state index contributed by atoms with van der Waals surface area (Å²) in [6.07, 6.45) is 4.17.